The van der Waals surface area contributed by atoms with E-state index in [9.17, 15) is 0 Å². The van der Waals surface area contributed by atoms with Gasteiger partial charge in [0.25, 0.3) is 0 Å². The van der Waals surface area contributed by atoms with E-state index in [-0.39, 0.29) is 0 Å². The van der Waals surface area contributed by atoms with Gasteiger partial charge in [-0.1, -0.05) is 28.1 Å². The van der Waals surface area contributed by atoms with Gasteiger partial charge < -0.3 is 10.6 Å². The average Bonchev–Trinajstić information content (AvgIpc) is 2.69. The quantitative estimate of drug-likeness (QED) is 0.944. The van der Waals surface area contributed by atoms with E-state index in [0.29, 0.717) is 5.82 Å². The van der Waals surface area contributed by atoms with Gasteiger partial charge in [0.1, 0.15) is 5.82 Å². The maximum Gasteiger partial charge on any atom is 0.122 e. The first kappa shape index (κ1) is 13.1. The molecule has 0 unspecified atom stereocenters. The van der Waals surface area contributed by atoms with Gasteiger partial charge in [-0.05, 0) is 26.2 Å². The molecule has 2 rings (SSSR count). The Morgan fingerprint density at radius 1 is 1.28 bits per heavy atom. The minimum atomic E-state index is 0.703. The smallest absolute Gasteiger partial charge is 0.122 e. The van der Waals surface area contributed by atoms with Crippen molar-refractivity contribution < 1.29 is 0 Å². The highest BCUT2D eigenvalue weighted by Gasteiger charge is 2.07. The van der Waals surface area contributed by atoms with Gasteiger partial charge in [-0.3, -0.25) is 0 Å². The van der Waals surface area contributed by atoms with Crippen LogP contribution in [0.5, 0.6) is 0 Å². The van der Waals surface area contributed by atoms with Crippen molar-refractivity contribution in [2.24, 2.45) is 0 Å². The minimum absolute atomic E-state index is 0.703. The first-order valence-electron chi connectivity index (χ1n) is 5.80. The number of aromatic nitrogens is 2. The summed E-state index contributed by atoms with van der Waals surface area (Å²) < 4.78 is 2.91. The zero-order valence-corrected chi connectivity index (χ0v) is 12.2. The number of nitrogen functional groups attached to an aromatic ring is 1. The third-order valence-corrected chi connectivity index (χ3v) is 3.24. The number of rotatable bonds is 4. The van der Waals surface area contributed by atoms with Crippen LogP contribution in [-0.2, 0) is 6.54 Å². The topological polar surface area (TPSA) is 47.1 Å². The molecule has 2 aromatic rings. The second-order valence-corrected chi connectivity index (χ2v) is 5.40. The normalized spacial score (nSPS) is 11.1. The summed E-state index contributed by atoms with van der Waals surface area (Å²) >= 11 is 3.42. The maximum absolute atomic E-state index is 5.97. The molecule has 0 aliphatic heterocycles. The average molecular weight is 309 g/mol. The lowest BCUT2D eigenvalue weighted by Gasteiger charge is -2.09. The monoisotopic (exact) mass is 308 g/mol. The minimum Gasteiger partial charge on any atom is -0.384 e. The van der Waals surface area contributed by atoms with Crippen LogP contribution in [0.3, 0.4) is 0 Å². The summed E-state index contributed by atoms with van der Waals surface area (Å²) in [5.41, 5.74) is 7.96. The molecule has 0 amide bonds. The Labute approximate surface area is 116 Å². The first-order chi connectivity index (χ1) is 8.56. The number of halogens is 1. The van der Waals surface area contributed by atoms with Gasteiger partial charge in [-0.15, -0.1) is 0 Å². The van der Waals surface area contributed by atoms with E-state index in [4.69, 9.17) is 5.73 Å². The highest BCUT2D eigenvalue weighted by Crippen LogP contribution is 2.22. The van der Waals surface area contributed by atoms with Gasteiger partial charge in [-0.2, -0.15) is 5.10 Å². The van der Waals surface area contributed by atoms with E-state index in [0.717, 1.165) is 28.8 Å². The third kappa shape index (κ3) is 3.11. The van der Waals surface area contributed by atoms with Crippen molar-refractivity contribution in [3.8, 4) is 11.3 Å². The molecular formula is C13H17BrN4. The van der Waals surface area contributed by atoms with Crippen molar-refractivity contribution in [3.05, 3.63) is 34.8 Å². The van der Waals surface area contributed by atoms with Gasteiger partial charge in [0.2, 0.25) is 0 Å². The fourth-order valence-electron chi connectivity index (χ4n) is 1.67. The highest BCUT2D eigenvalue weighted by atomic mass is 79.9. The third-order valence-electron chi connectivity index (χ3n) is 2.71. The Morgan fingerprint density at radius 2 is 1.94 bits per heavy atom. The van der Waals surface area contributed by atoms with Crippen LogP contribution in [0.2, 0.25) is 0 Å². The number of anilines is 1. The molecule has 0 saturated heterocycles. The Hall–Kier alpha value is -1.33. The molecule has 4 nitrogen and oxygen atoms in total. The Morgan fingerprint density at radius 3 is 2.56 bits per heavy atom. The molecule has 1 aromatic heterocycles. The number of likely N-dealkylation sites (N-methyl/N-ethyl adjacent to an activating group) is 1. The summed E-state index contributed by atoms with van der Waals surface area (Å²) in [6.07, 6.45) is 0. The second kappa shape index (κ2) is 5.54. The maximum atomic E-state index is 5.97. The molecule has 0 radical (unpaired) electrons. The molecule has 1 aromatic carbocycles. The Bertz CT molecular complexity index is 516. The molecule has 0 aliphatic rings. The van der Waals surface area contributed by atoms with Crippen molar-refractivity contribution in [2.45, 2.75) is 6.54 Å². The second-order valence-electron chi connectivity index (χ2n) is 4.49. The van der Waals surface area contributed by atoms with Gasteiger partial charge in [0.15, 0.2) is 0 Å². The van der Waals surface area contributed by atoms with Crippen LogP contribution in [-0.4, -0.2) is 35.3 Å². The molecule has 0 saturated carbocycles. The molecule has 96 valence electrons. The predicted molar refractivity (Wildman–Crippen MR) is 78.3 cm³/mol. The van der Waals surface area contributed by atoms with E-state index in [1.165, 1.54) is 0 Å². The predicted octanol–water partition coefficient (Wildman–Crippen LogP) is 2.46. The van der Waals surface area contributed by atoms with Gasteiger partial charge in [0.05, 0.1) is 12.2 Å². The lowest BCUT2D eigenvalue weighted by molar-refractivity contribution is 0.375. The summed E-state index contributed by atoms with van der Waals surface area (Å²) in [5.74, 6) is 0.703. The molecule has 2 N–H and O–H groups in total. The van der Waals surface area contributed by atoms with Gasteiger partial charge in [0, 0.05) is 22.6 Å². The van der Waals surface area contributed by atoms with E-state index < -0.39 is 0 Å². The fraction of sp³-hybridized carbons (Fsp3) is 0.308. The van der Waals surface area contributed by atoms with Crippen molar-refractivity contribution >= 4 is 21.7 Å². The summed E-state index contributed by atoms with van der Waals surface area (Å²) in [4.78, 5) is 2.11. The number of benzene rings is 1. The van der Waals surface area contributed by atoms with Crippen molar-refractivity contribution in [1.29, 1.82) is 0 Å². The summed E-state index contributed by atoms with van der Waals surface area (Å²) in [6.45, 7) is 1.72. The lowest BCUT2D eigenvalue weighted by atomic mass is 10.2. The molecule has 0 bridgehead atoms. The molecule has 0 fully saturated rings. The molecule has 0 aliphatic carbocycles. The Balaban J connectivity index is 2.20. The van der Waals surface area contributed by atoms with Crippen LogP contribution in [0.4, 0.5) is 5.82 Å². The van der Waals surface area contributed by atoms with Crippen molar-refractivity contribution in [3.63, 3.8) is 0 Å². The first-order valence-corrected chi connectivity index (χ1v) is 6.59. The van der Waals surface area contributed by atoms with Crippen LogP contribution < -0.4 is 5.73 Å². The van der Waals surface area contributed by atoms with Crippen LogP contribution >= 0.6 is 15.9 Å². The SMILES string of the molecule is CN(C)CCn1nc(-c2ccc(Br)cc2)cc1N. The molecule has 1 heterocycles. The molecule has 18 heavy (non-hydrogen) atoms. The standard InChI is InChI=1S/C13H17BrN4/c1-17(2)7-8-18-13(15)9-12(16-18)10-3-5-11(14)6-4-10/h3-6,9H,7-8,15H2,1-2H3. The van der Waals surface area contributed by atoms with E-state index >= 15 is 0 Å². The van der Waals surface area contributed by atoms with Crippen LogP contribution in [0.15, 0.2) is 34.8 Å². The van der Waals surface area contributed by atoms with E-state index in [1.807, 2.05) is 49.1 Å². The molecule has 5 heteroatoms. The highest BCUT2D eigenvalue weighted by molar-refractivity contribution is 9.10. The summed E-state index contributed by atoms with van der Waals surface area (Å²) in [6, 6.07) is 9.98. The van der Waals surface area contributed by atoms with Gasteiger partial charge >= 0.3 is 0 Å². The zero-order valence-electron chi connectivity index (χ0n) is 10.6. The summed E-state index contributed by atoms with van der Waals surface area (Å²) in [7, 11) is 4.07. The largest absolute Gasteiger partial charge is 0.384 e. The van der Waals surface area contributed by atoms with Crippen molar-refractivity contribution in [1.82, 2.24) is 14.7 Å². The van der Waals surface area contributed by atoms with Crippen LogP contribution in [0, 0.1) is 0 Å². The van der Waals surface area contributed by atoms with Gasteiger partial charge in [-0.25, -0.2) is 4.68 Å². The zero-order chi connectivity index (χ0) is 13.1. The molecule has 0 spiro atoms. The lowest BCUT2D eigenvalue weighted by Crippen LogP contribution is -2.19. The van der Waals surface area contributed by atoms with Crippen LogP contribution in [0.25, 0.3) is 11.3 Å². The number of nitrogens with two attached hydrogens (primary N) is 1. The molecule has 0 atom stereocenters. The van der Waals surface area contributed by atoms with E-state index in [1.54, 1.807) is 0 Å². The van der Waals surface area contributed by atoms with E-state index in [2.05, 4.69) is 25.9 Å². The summed E-state index contributed by atoms with van der Waals surface area (Å²) in [5, 5.41) is 4.53. The number of hydrogen-bond donors (Lipinski definition) is 1. The number of hydrogen-bond acceptors (Lipinski definition) is 3. The van der Waals surface area contributed by atoms with Crippen LogP contribution in [0.1, 0.15) is 0 Å². The Kier molecular flexibility index (Phi) is 4.04. The fourth-order valence-corrected chi connectivity index (χ4v) is 1.93. The number of nitrogens with zero attached hydrogens (tertiary/aromatic N) is 3. The molecular weight excluding hydrogens is 292 g/mol. The van der Waals surface area contributed by atoms with Crippen molar-refractivity contribution in [2.75, 3.05) is 26.4 Å².